The van der Waals surface area contributed by atoms with Crippen LogP contribution in [0.2, 0.25) is 0 Å². The van der Waals surface area contributed by atoms with E-state index in [4.69, 9.17) is 9.47 Å². The van der Waals surface area contributed by atoms with Crippen LogP contribution in [0.3, 0.4) is 0 Å². The second-order valence-corrected chi connectivity index (χ2v) is 8.79. The Hall–Kier alpha value is -3.61. The van der Waals surface area contributed by atoms with Crippen LogP contribution in [0.5, 0.6) is 11.8 Å². The number of aromatic nitrogens is 2. The second-order valence-electron chi connectivity index (χ2n) is 8.79. The first-order valence-electron chi connectivity index (χ1n) is 11.8. The van der Waals surface area contributed by atoms with Gasteiger partial charge in [-0.25, -0.2) is 4.79 Å². The van der Waals surface area contributed by atoms with Crippen molar-refractivity contribution in [2.24, 2.45) is 0 Å². The molecule has 1 aliphatic carbocycles. The fraction of sp³-hybridized carbons (Fsp3) is 0.370. The number of ether oxygens (including phenoxy) is 2. The number of hydrogen-bond donors (Lipinski definition) is 2. The van der Waals surface area contributed by atoms with Gasteiger partial charge in [-0.05, 0) is 36.0 Å². The van der Waals surface area contributed by atoms with Gasteiger partial charge in [-0.15, -0.1) is 0 Å². The molecular weight excluding hydrogens is 428 g/mol. The van der Waals surface area contributed by atoms with E-state index in [1.54, 1.807) is 6.07 Å². The summed E-state index contributed by atoms with van der Waals surface area (Å²) in [7, 11) is 3.02. The molecule has 7 nitrogen and oxygen atoms in total. The van der Waals surface area contributed by atoms with Crippen molar-refractivity contribution in [1.29, 1.82) is 0 Å². The van der Waals surface area contributed by atoms with E-state index in [0.717, 1.165) is 32.1 Å². The molecule has 1 aromatic heterocycles. The highest BCUT2D eigenvalue weighted by Crippen LogP contribution is 2.31. The Labute approximate surface area is 200 Å². The van der Waals surface area contributed by atoms with E-state index in [9.17, 15) is 4.79 Å². The molecule has 3 aromatic rings. The van der Waals surface area contributed by atoms with Gasteiger partial charge in [-0.2, -0.15) is 9.97 Å². The highest BCUT2D eigenvalue weighted by Gasteiger charge is 2.33. The molecule has 0 radical (unpaired) electrons. The summed E-state index contributed by atoms with van der Waals surface area (Å²) >= 11 is 0. The summed E-state index contributed by atoms with van der Waals surface area (Å²) in [6.45, 7) is 0. The number of hydrogen-bond acceptors (Lipinski definition) is 5. The van der Waals surface area contributed by atoms with Gasteiger partial charge in [0.2, 0.25) is 17.7 Å². The molecule has 7 heteroatoms. The molecule has 0 saturated heterocycles. The highest BCUT2D eigenvalue weighted by atomic mass is 16.5. The summed E-state index contributed by atoms with van der Waals surface area (Å²) in [6, 6.07) is 20.3. The Morgan fingerprint density at radius 1 is 0.853 bits per heavy atom. The predicted octanol–water partition coefficient (Wildman–Crippen LogP) is 5.62. The third-order valence-electron chi connectivity index (χ3n) is 6.37. The van der Waals surface area contributed by atoms with Crippen molar-refractivity contribution < 1.29 is 14.3 Å². The third kappa shape index (κ3) is 6.04. The molecule has 0 unspecified atom stereocenters. The fourth-order valence-corrected chi connectivity index (χ4v) is 4.63. The van der Waals surface area contributed by atoms with Gasteiger partial charge in [-0.1, -0.05) is 80.3 Å². The Morgan fingerprint density at radius 3 is 2.03 bits per heavy atom. The van der Waals surface area contributed by atoms with Gasteiger partial charge < -0.3 is 14.8 Å². The minimum absolute atomic E-state index is 0.143. The molecule has 1 fully saturated rings. The minimum Gasteiger partial charge on any atom is -0.481 e. The van der Waals surface area contributed by atoms with Crippen molar-refractivity contribution >= 4 is 12.0 Å². The fourth-order valence-electron chi connectivity index (χ4n) is 4.63. The molecule has 2 amide bonds. The van der Waals surface area contributed by atoms with E-state index in [2.05, 4.69) is 57.0 Å². The van der Waals surface area contributed by atoms with E-state index in [0.29, 0.717) is 11.8 Å². The van der Waals surface area contributed by atoms with E-state index in [1.807, 2.05) is 18.2 Å². The third-order valence-corrected chi connectivity index (χ3v) is 6.37. The zero-order valence-corrected chi connectivity index (χ0v) is 19.8. The molecule has 1 saturated carbocycles. The summed E-state index contributed by atoms with van der Waals surface area (Å²) in [5.41, 5.74) is 3.28. The number of amides is 2. The van der Waals surface area contributed by atoms with Crippen molar-refractivity contribution in [3.63, 3.8) is 0 Å². The molecule has 0 atom stereocenters. The Morgan fingerprint density at radius 2 is 1.44 bits per heavy atom. The minimum atomic E-state index is -0.322. The van der Waals surface area contributed by atoms with Gasteiger partial charge >= 0.3 is 6.03 Å². The van der Waals surface area contributed by atoms with E-state index in [-0.39, 0.29) is 17.5 Å². The van der Waals surface area contributed by atoms with E-state index < -0.39 is 0 Å². The van der Waals surface area contributed by atoms with Crippen LogP contribution >= 0.6 is 0 Å². The quantitative estimate of drug-likeness (QED) is 0.447. The van der Waals surface area contributed by atoms with Crippen molar-refractivity contribution in [3.8, 4) is 22.9 Å². The topological polar surface area (TPSA) is 85.4 Å². The zero-order chi connectivity index (χ0) is 23.8. The highest BCUT2D eigenvalue weighted by molar-refractivity contribution is 5.88. The number of anilines is 1. The summed E-state index contributed by atoms with van der Waals surface area (Å²) in [4.78, 5) is 21.5. The SMILES string of the molecule is COc1cc(OC)nc(NC(=O)NC2(Cc3ccc(-c4ccccc4)cc3)CCCCCC2)n1. The normalized spacial score (nSPS) is 15.1. The number of urea groups is 1. The maximum Gasteiger partial charge on any atom is 0.322 e. The number of nitrogens with zero attached hydrogens (tertiary/aromatic N) is 2. The molecule has 4 rings (SSSR count). The molecule has 2 N–H and O–H groups in total. The lowest BCUT2D eigenvalue weighted by Crippen LogP contribution is -2.51. The van der Waals surface area contributed by atoms with E-state index in [1.165, 1.54) is 43.8 Å². The molecule has 1 heterocycles. The van der Waals surface area contributed by atoms with Gasteiger partial charge in [-0.3, -0.25) is 5.32 Å². The van der Waals surface area contributed by atoms with Crippen molar-refractivity contribution in [1.82, 2.24) is 15.3 Å². The maximum atomic E-state index is 13.0. The first-order chi connectivity index (χ1) is 16.6. The molecule has 0 spiro atoms. The lowest BCUT2D eigenvalue weighted by atomic mass is 9.83. The zero-order valence-electron chi connectivity index (χ0n) is 19.8. The first kappa shape index (κ1) is 23.5. The van der Waals surface area contributed by atoms with Crippen molar-refractivity contribution in [2.45, 2.75) is 50.5 Å². The summed E-state index contributed by atoms with van der Waals surface area (Å²) in [6.07, 6.45) is 7.20. The van der Waals surface area contributed by atoms with Gasteiger partial charge in [0.25, 0.3) is 0 Å². The number of benzene rings is 2. The number of carbonyl (C=O) groups is 1. The van der Waals surface area contributed by atoms with E-state index >= 15 is 0 Å². The summed E-state index contributed by atoms with van der Waals surface area (Å²) < 4.78 is 10.4. The largest absolute Gasteiger partial charge is 0.481 e. The van der Waals surface area contributed by atoms with Crippen LogP contribution < -0.4 is 20.1 Å². The van der Waals surface area contributed by atoms with Gasteiger partial charge in [0.05, 0.1) is 20.3 Å². The number of rotatable bonds is 7. The number of nitrogens with one attached hydrogen (secondary N) is 2. The smallest absolute Gasteiger partial charge is 0.322 e. The van der Waals surface area contributed by atoms with Crippen molar-refractivity contribution in [3.05, 3.63) is 66.2 Å². The van der Waals surface area contributed by atoms with Crippen LogP contribution in [0, 0.1) is 0 Å². The maximum absolute atomic E-state index is 13.0. The molecule has 0 aliphatic heterocycles. The standard InChI is InChI=1S/C27H32N4O3/c1-33-23-18-24(34-2)29-25(28-23)30-26(32)31-27(16-8-3-4-9-17-27)19-20-12-14-22(15-13-20)21-10-6-5-7-11-21/h5-7,10-15,18H,3-4,8-9,16-17,19H2,1-2H3,(H2,28,29,30,31,32). The molecule has 0 bridgehead atoms. The first-order valence-corrected chi connectivity index (χ1v) is 11.8. The molecule has 2 aromatic carbocycles. The van der Waals surface area contributed by atoms with Crippen LogP contribution in [-0.4, -0.2) is 35.8 Å². The summed E-state index contributed by atoms with van der Waals surface area (Å²) in [5.74, 6) is 0.791. The van der Waals surface area contributed by atoms with Crippen LogP contribution in [0.25, 0.3) is 11.1 Å². The number of carbonyl (C=O) groups excluding carboxylic acids is 1. The average Bonchev–Trinajstić information content (AvgIpc) is 3.09. The molecule has 178 valence electrons. The average molecular weight is 461 g/mol. The lowest BCUT2D eigenvalue weighted by molar-refractivity contribution is 0.227. The Balaban J connectivity index is 1.50. The van der Waals surface area contributed by atoms with Crippen molar-refractivity contribution in [2.75, 3.05) is 19.5 Å². The monoisotopic (exact) mass is 460 g/mol. The second kappa shape index (κ2) is 11.0. The lowest BCUT2D eigenvalue weighted by Gasteiger charge is -2.34. The van der Waals surface area contributed by atoms with Gasteiger partial charge in [0.15, 0.2) is 0 Å². The van der Waals surface area contributed by atoms with Crippen LogP contribution in [0.4, 0.5) is 10.7 Å². The Kier molecular flexibility index (Phi) is 7.62. The Bertz CT molecular complexity index is 1060. The predicted molar refractivity (Wildman–Crippen MR) is 133 cm³/mol. The molecule has 34 heavy (non-hydrogen) atoms. The van der Waals surface area contributed by atoms with Gasteiger partial charge in [0.1, 0.15) is 0 Å². The molecular formula is C27H32N4O3. The van der Waals surface area contributed by atoms with Crippen LogP contribution in [-0.2, 0) is 6.42 Å². The van der Waals surface area contributed by atoms with Gasteiger partial charge in [0, 0.05) is 5.54 Å². The van der Waals surface area contributed by atoms with Crippen LogP contribution in [0.1, 0.15) is 44.1 Å². The summed E-state index contributed by atoms with van der Waals surface area (Å²) in [5, 5.41) is 6.05. The van der Waals surface area contributed by atoms with Crippen LogP contribution in [0.15, 0.2) is 60.7 Å². The number of methoxy groups -OCH3 is 2. The molecule has 1 aliphatic rings.